The predicted molar refractivity (Wildman–Crippen MR) is 298 cm³/mol. The van der Waals surface area contributed by atoms with Crippen LogP contribution in [0.25, 0.3) is 0 Å². The molecule has 1 unspecified atom stereocenters. The molecule has 28 heteroatoms. The van der Waals surface area contributed by atoms with E-state index in [1.165, 1.54) is 4.90 Å². The van der Waals surface area contributed by atoms with Crippen molar-refractivity contribution < 1.29 is 73.1 Å². The summed E-state index contributed by atoms with van der Waals surface area (Å²) in [6.07, 6.45) is -2.06. The van der Waals surface area contributed by atoms with Crippen molar-refractivity contribution in [1.29, 1.82) is 0 Å². The Hall–Kier alpha value is -7.95. The predicted octanol–water partition coefficient (Wildman–Crippen LogP) is -2.91. The number of carboxylic acids is 1. The van der Waals surface area contributed by atoms with Gasteiger partial charge in [-0.2, -0.15) is 0 Å². The molecule has 1 saturated heterocycles. The van der Waals surface area contributed by atoms with Gasteiger partial charge in [0.1, 0.15) is 54.9 Å². The van der Waals surface area contributed by atoms with E-state index in [4.69, 9.17) is 27.0 Å². The Bertz CT molecular complexity index is 2500. The average molecular weight is 1150 g/mol. The van der Waals surface area contributed by atoms with Gasteiger partial charge in [0.2, 0.25) is 47.3 Å². The summed E-state index contributed by atoms with van der Waals surface area (Å²) in [6, 6.07) is 4.04. The minimum absolute atomic E-state index is 0.00404. The smallest absolute Gasteiger partial charge is 0.408 e. The highest BCUT2D eigenvalue weighted by molar-refractivity contribution is 5.98. The fourth-order valence-corrected chi connectivity index (χ4v) is 8.70. The van der Waals surface area contributed by atoms with Gasteiger partial charge in [-0.05, 0) is 54.1 Å². The van der Waals surface area contributed by atoms with E-state index >= 15 is 0 Å². The number of hydrogen-bond acceptors (Lipinski definition) is 16. The molecule has 0 saturated carbocycles. The topological polar surface area (TPSA) is 451 Å². The monoisotopic (exact) mass is 1150 g/mol. The summed E-state index contributed by atoms with van der Waals surface area (Å²) in [7, 11) is 0. The lowest BCUT2D eigenvalue weighted by molar-refractivity contribution is -0.149. The number of aliphatic hydroxyl groups excluding tert-OH is 3. The summed E-state index contributed by atoms with van der Waals surface area (Å²) < 4.78 is 5.39. The lowest BCUT2D eigenvalue weighted by Gasteiger charge is -2.41. The number of aliphatic imine (C=N–C) groups is 1. The summed E-state index contributed by atoms with van der Waals surface area (Å²) in [5.74, 6) is -11.2. The van der Waals surface area contributed by atoms with E-state index in [-0.39, 0.29) is 50.8 Å². The molecule has 1 aliphatic rings. The lowest BCUT2D eigenvalue weighted by atomic mass is 9.91. The first-order chi connectivity index (χ1) is 38.7. The molecular weight excluding hydrogens is 1070 g/mol. The van der Waals surface area contributed by atoms with Crippen molar-refractivity contribution >= 4 is 65.3 Å². The number of amides is 9. The van der Waals surface area contributed by atoms with Gasteiger partial charge in [-0.25, -0.2) is 9.59 Å². The molecule has 2 aromatic rings. The first-order valence-corrected chi connectivity index (χ1v) is 27.1. The van der Waals surface area contributed by atoms with Crippen LogP contribution in [0.15, 0.2) is 65.7 Å². The number of hydrogen-bond donors (Lipinski definition) is 15. The number of likely N-dealkylation sites (tertiary alicyclic amines) is 1. The van der Waals surface area contributed by atoms with Gasteiger partial charge in [0.25, 0.3) is 0 Å². The number of piperidine rings is 1. The second kappa shape index (κ2) is 33.7. The number of alkyl carbamates (subject to hydrolysis) is 1. The molecule has 2 aromatic carbocycles. The van der Waals surface area contributed by atoms with E-state index in [1.807, 2.05) is 5.32 Å². The number of guanidine groups is 1. The highest BCUT2D eigenvalue weighted by Gasteiger charge is 2.44. The van der Waals surface area contributed by atoms with E-state index in [1.54, 1.807) is 109 Å². The maximum absolute atomic E-state index is 14.7. The van der Waals surface area contributed by atoms with Gasteiger partial charge in [0.05, 0.1) is 31.9 Å². The number of carboxylic acid groups (broad SMARTS) is 1. The Labute approximate surface area is 476 Å². The zero-order chi connectivity index (χ0) is 61.4. The number of carbonyl (C=O) groups excluding carboxylic acids is 9. The summed E-state index contributed by atoms with van der Waals surface area (Å²) in [5.41, 5.74) is 18.9. The van der Waals surface area contributed by atoms with Crippen molar-refractivity contribution in [1.82, 2.24) is 47.4 Å². The van der Waals surface area contributed by atoms with Gasteiger partial charge in [-0.15, -0.1) is 0 Å². The largest absolute Gasteiger partial charge is 0.480 e. The Morgan fingerprint density at radius 2 is 1.30 bits per heavy atom. The van der Waals surface area contributed by atoms with Gasteiger partial charge in [-0.3, -0.25) is 43.3 Å². The number of aliphatic hydroxyl groups is 3. The molecule has 0 radical (unpaired) electrons. The quantitative estimate of drug-likeness (QED) is 0.0198. The molecule has 18 N–H and O–H groups in total. The Morgan fingerprint density at radius 1 is 0.720 bits per heavy atom. The highest BCUT2D eigenvalue weighted by Crippen LogP contribution is 2.24. The molecule has 454 valence electrons. The standard InChI is InChI=1S/C54H83N13O15/c1-8-31(7)41(48(75)63-40(28(2)3)47(74)59-23-38(70)60-35(25-68)45(72)62-36(26-69)52(79)80)64-46(73)37(20-15-21-58-53(56)57)67-24-30(6)22-34(51(67)78)61-50(77)43(44(71)29(4)5)65-49(76)42(39(55)33-18-13-10-14-19-33)66-54(81)82-27-32-16-11-9-12-17-32/h9-14,16-19,28-31,34-37,39-44,68-69,71H,8,15,20-27,55H2,1-7H3,(H,59,74)(H,60,70)(H,61,77)(H,62,72)(H,63,75)(H,64,73)(H,65,76)(H,66,81)(H,79,80)(H4,56,57,58)/t30?,31-,34-,35-,36-,37+,39+,40-,41-,42-,43-,44+/m0/s1. The van der Waals surface area contributed by atoms with Crippen LogP contribution < -0.4 is 59.7 Å². The molecule has 82 heavy (non-hydrogen) atoms. The van der Waals surface area contributed by atoms with Crippen LogP contribution in [0.2, 0.25) is 0 Å². The number of nitrogens with two attached hydrogens (primary N) is 3. The Kier molecular flexibility index (Phi) is 28.1. The van der Waals surface area contributed by atoms with Gasteiger partial charge >= 0.3 is 12.1 Å². The van der Waals surface area contributed by atoms with E-state index in [9.17, 15) is 63.3 Å². The molecule has 1 heterocycles. The van der Waals surface area contributed by atoms with Gasteiger partial charge in [0, 0.05) is 13.1 Å². The van der Waals surface area contributed by atoms with Crippen LogP contribution in [0, 0.1) is 23.7 Å². The number of nitrogens with zero attached hydrogens (tertiary/aromatic N) is 2. The summed E-state index contributed by atoms with van der Waals surface area (Å²) >= 11 is 0. The van der Waals surface area contributed by atoms with E-state index in [0.717, 1.165) is 0 Å². The molecule has 0 aliphatic carbocycles. The first-order valence-electron chi connectivity index (χ1n) is 27.1. The number of rotatable bonds is 32. The molecular formula is C54H83N13O15. The maximum Gasteiger partial charge on any atom is 0.408 e. The summed E-state index contributed by atoms with van der Waals surface area (Å²) in [4.78, 5) is 141. The fourth-order valence-electron chi connectivity index (χ4n) is 8.70. The molecule has 3 rings (SSSR count). The van der Waals surface area contributed by atoms with E-state index < -0.39 is 157 Å². The second-order valence-corrected chi connectivity index (χ2v) is 20.9. The summed E-state index contributed by atoms with van der Waals surface area (Å²) in [6.45, 7) is 8.80. The van der Waals surface area contributed by atoms with Crippen LogP contribution in [-0.4, -0.2) is 178 Å². The van der Waals surface area contributed by atoms with Gasteiger partial charge in [0.15, 0.2) is 5.96 Å². The third-order valence-corrected chi connectivity index (χ3v) is 13.7. The van der Waals surface area contributed by atoms with Crippen molar-refractivity contribution in [3.05, 3.63) is 71.8 Å². The van der Waals surface area contributed by atoms with Crippen molar-refractivity contribution in [3.8, 4) is 0 Å². The summed E-state index contributed by atoms with van der Waals surface area (Å²) in [5, 5.41) is 59.1. The molecule has 0 bridgehead atoms. The van der Waals surface area contributed by atoms with Crippen LogP contribution in [-0.2, 0) is 54.5 Å². The molecule has 28 nitrogen and oxygen atoms in total. The normalized spacial score (nSPS) is 17.8. The molecule has 0 spiro atoms. The van der Waals surface area contributed by atoms with Crippen molar-refractivity contribution in [2.75, 3.05) is 32.8 Å². The minimum Gasteiger partial charge on any atom is -0.480 e. The molecule has 12 atom stereocenters. The zero-order valence-electron chi connectivity index (χ0n) is 47.3. The first kappa shape index (κ1) is 68.3. The van der Waals surface area contributed by atoms with Crippen LogP contribution in [0.1, 0.15) is 91.3 Å². The number of ether oxygens (including phenoxy) is 1. The molecule has 1 aliphatic heterocycles. The van der Waals surface area contributed by atoms with Crippen molar-refractivity contribution in [3.63, 3.8) is 0 Å². The highest BCUT2D eigenvalue weighted by atomic mass is 16.5. The van der Waals surface area contributed by atoms with E-state index in [2.05, 4.69) is 42.2 Å². The lowest BCUT2D eigenvalue weighted by Crippen LogP contribution is -2.65. The third-order valence-electron chi connectivity index (χ3n) is 13.7. The average Bonchev–Trinajstić information content (AvgIpc) is 3.55. The zero-order valence-corrected chi connectivity index (χ0v) is 47.3. The number of nitrogens with one attached hydrogen (secondary N) is 8. The third kappa shape index (κ3) is 21.2. The SMILES string of the molecule is CC[C@H](C)[C@H](NC(=O)[C@@H](CCCN=C(N)N)N1CC(C)C[C@H](NC(=O)[C@@H](NC(=O)[C@@H](NC(=O)OCc2ccccc2)[C@H](N)c2ccccc2)[C@H](O)C(C)C)C1=O)C(=O)N[C@H](C(=O)NCC(=O)N[C@@H](CO)C(=O)N[C@@H](CO)C(=O)O)C(C)C. The Balaban J connectivity index is 1.88. The minimum atomic E-state index is -1.72. The van der Waals surface area contributed by atoms with Crippen molar-refractivity contribution in [2.24, 2.45) is 45.9 Å². The number of benzene rings is 2. The molecule has 1 fully saturated rings. The van der Waals surface area contributed by atoms with Gasteiger partial charge in [-0.1, -0.05) is 116 Å². The van der Waals surface area contributed by atoms with Crippen LogP contribution in [0.3, 0.4) is 0 Å². The molecule has 0 aromatic heterocycles. The fraction of sp³-hybridized carbons (Fsp3) is 0.574. The Morgan fingerprint density at radius 3 is 1.87 bits per heavy atom. The van der Waals surface area contributed by atoms with Crippen LogP contribution in [0.4, 0.5) is 4.79 Å². The number of carbonyl (C=O) groups is 10. The van der Waals surface area contributed by atoms with Crippen LogP contribution >= 0.6 is 0 Å². The molecule has 9 amide bonds. The second-order valence-electron chi connectivity index (χ2n) is 20.9. The van der Waals surface area contributed by atoms with Gasteiger partial charge < -0.3 is 89.8 Å². The number of aliphatic carboxylic acids is 1. The maximum atomic E-state index is 14.7. The van der Waals surface area contributed by atoms with Crippen LogP contribution in [0.5, 0.6) is 0 Å². The van der Waals surface area contributed by atoms with E-state index in [0.29, 0.717) is 17.5 Å². The van der Waals surface area contributed by atoms with Crippen molar-refractivity contribution in [2.45, 2.75) is 141 Å².